The molecule has 31 heavy (non-hydrogen) atoms. The van der Waals surface area contributed by atoms with E-state index in [1.165, 1.54) is 0 Å². The maximum Gasteiger partial charge on any atom is 0.348 e. The Labute approximate surface area is 191 Å². The number of furan rings is 1. The van der Waals surface area contributed by atoms with Crippen molar-refractivity contribution < 1.29 is 13.9 Å². The van der Waals surface area contributed by atoms with Crippen molar-refractivity contribution in [3.8, 4) is 11.3 Å². The van der Waals surface area contributed by atoms with Crippen LogP contribution in [0.4, 0.5) is 0 Å². The van der Waals surface area contributed by atoms with E-state index in [1.807, 2.05) is 0 Å². The zero-order valence-electron chi connectivity index (χ0n) is 16.5. The Hall–Kier alpha value is -2.87. The number of nitrogens with zero attached hydrogens (tertiary/aromatic N) is 1. The monoisotopic (exact) mass is 474 g/mol. The van der Waals surface area contributed by atoms with Crippen LogP contribution in [0.15, 0.2) is 39.5 Å². The first-order valence-electron chi connectivity index (χ1n) is 9.31. The van der Waals surface area contributed by atoms with Crippen molar-refractivity contribution in [1.82, 2.24) is 9.97 Å². The molecule has 3 heterocycles. The van der Waals surface area contributed by atoms with E-state index >= 15 is 0 Å². The lowest BCUT2D eigenvalue weighted by atomic mass is 10.2. The molecule has 0 unspecified atom stereocenters. The van der Waals surface area contributed by atoms with Crippen LogP contribution in [0.3, 0.4) is 0 Å². The number of hydrogen-bond acceptors (Lipinski definition) is 6. The highest BCUT2D eigenvalue weighted by Gasteiger charge is 2.19. The van der Waals surface area contributed by atoms with E-state index in [4.69, 9.17) is 32.4 Å². The number of carbonyl (C=O) groups is 1. The highest BCUT2D eigenvalue weighted by Crippen LogP contribution is 2.32. The average Bonchev–Trinajstić information content (AvgIpc) is 3.33. The molecule has 0 aliphatic heterocycles. The normalized spacial score (nSPS) is 11.5. The summed E-state index contributed by atoms with van der Waals surface area (Å²) in [5.74, 6) is 0.996. The number of H-pyrrole nitrogens is 1. The fraction of sp³-hybridized carbons (Fsp3) is 0.136. The van der Waals surface area contributed by atoms with Crippen LogP contribution < -0.4 is 5.56 Å². The molecule has 0 saturated heterocycles. The lowest BCUT2D eigenvalue weighted by Gasteiger charge is -2.01. The van der Waals surface area contributed by atoms with Gasteiger partial charge in [-0.2, -0.15) is 0 Å². The topological polar surface area (TPSA) is 85.2 Å². The van der Waals surface area contributed by atoms with E-state index in [2.05, 4.69) is 9.97 Å². The van der Waals surface area contributed by atoms with Crippen molar-refractivity contribution in [3.63, 3.8) is 0 Å². The number of ether oxygens (including phenoxy) is 1. The number of esters is 1. The second-order valence-corrected chi connectivity index (χ2v) is 8.41. The maximum absolute atomic E-state index is 12.6. The smallest absolute Gasteiger partial charge is 0.348 e. The molecule has 4 rings (SSSR count). The molecule has 0 amide bonds. The zero-order valence-corrected chi connectivity index (χ0v) is 18.8. The van der Waals surface area contributed by atoms with Crippen LogP contribution in [0.2, 0.25) is 10.0 Å². The number of aromatic amines is 1. The first-order valence-corrected chi connectivity index (χ1v) is 10.9. The Balaban J connectivity index is 1.65. The second-order valence-electron chi connectivity index (χ2n) is 6.57. The van der Waals surface area contributed by atoms with E-state index in [1.54, 1.807) is 56.3 Å². The van der Waals surface area contributed by atoms with Gasteiger partial charge >= 0.3 is 5.97 Å². The van der Waals surface area contributed by atoms with Crippen molar-refractivity contribution in [2.24, 2.45) is 0 Å². The number of halogens is 2. The minimum Gasteiger partial charge on any atom is -0.462 e. The summed E-state index contributed by atoms with van der Waals surface area (Å²) in [6.07, 6.45) is 3.31. The molecule has 0 spiro atoms. The van der Waals surface area contributed by atoms with Crippen LogP contribution in [0.1, 0.15) is 33.7 Å². The minimum atomic E-state index is -0.456. The summed E-state index contributed by atoms with van der Waals surface area (Å²) in [5.41, 5.74) is 0.930. The van der Waals surface area contributed by atoms with Crippen LogP contribution in [-0.4, -0.2) is 22.5 Å². The lowest BCUT2D eigenvalue weighted by Crippen LogP contribution is -2.10. The van der Waals surface area contributed by atoms with Gasteiger partial charge in [0.05, 0.1) is 17.0 Å². The van der Waals surface area contributed by atoms with Crippen molar-refractivity contribution in [1.29, 1.82) is 0 Å². The fourth-order valence-corrected chi connectivity index (χ4v) is 4.53. The quantitative estimate of drug-likeness (QED) is 0.347. The molecule has 0 aliphatic carbocycles. The van der Waals surface area contributed by atoms with E-state index in [0.29, 0.717) is 53.6 Å². The molecule has 0 fully saturated rings. The van der Waals surface area contributed by atoms with Gasteiger partial charge in [0.2, 0.25) is 0 Å². The summed E-state index contributed by atoms with van der Waals surface area (Å²) in [6.45, 7) is 3.70. The number of thiophene rings is 1. The molecule has 0 radical (unpaired) electrons. The van der Waals surface area contributed by atoms with Gasteiger partial charge in [-0.15, -0.1) is 11.3 Å². The summed E-state index contributed by atoms with van der Waals surface area (Å²) >= 11 is 13.4. The SMILES string of the molecule is CCOC(=O)c1sc2nc(C=Cc3ccc(-c4cc(Cl)ccc4Cl)o3)[nH]c(=O)c2c1C. The third-order valence-corrected chi connectivity index (χ3v) is 6.24. The standard InChI is InChI=1S/C22H16Cl2N2O4S/c1-3-29-22(28)19-11(2)18-20(27)25-17(26-21(18)31-19)9-6-13-5-8-16(30-13)14-10-12(23)4-7-15(14)24/h4-10H,3H2,1-2H3,(H,25,26,27). The molecule has 0 bridgehead atoms. The molecule has 0 atom stereocenters. The summed E-state index contributed by atoms with van der Waals surface area (Å²) in [4.78, 5) is 32.7. The van der Waals surface area contributed by atoms with E-state index in [9.17, 15) is 9.59 Å². The van der Waals surface area contributed by atoms with E-state index < -0.39 is 5.97 Å². The Morgan fingerprint density at radius 1 is 1.26 bits per heavy atom. The Kier molecular flexibility index (Phi) is 6.00. The van der Waals surface area contributed by atoms with E-state index in [0.717, 1.165) is 11.3 Å². The van der Waals surface area contributed by atoms with E-state index in [-0.39, 0.29) is 12.2 Å². The van der Waals surface area contributed by atoms with Crippen molar-refractivity contribution >= 4 is 62.9 Å². The van der Waals surface area contributed by atoms with Crippen LogP contribution in [0, 0.1) is 6.92 Å². The first kappa shape index (κ1) is 21.4. The number of benzene rings is 1. The van der Waals surface area contributed by atoms with Crippen LogP contribution >= 0.6 is 34.5 Å². The summed E-state index contributed by atoms with van der Waals surface area (Å²) in [5, 5.41) is 1.47. The average molecular weight is 475 g/mol. The predicted molar refractivity (Wildman–Crippen MR) is 124 cm³/mol. The van der Waals surface area contributed by atoms with Gasteiger partial charge in [0.15, 0.2) is 0 Å². The Bertz CT molecular complexity index is 1380. The Morgan fingerprint density at radius 2 is 2.06 bits per heavy atom. The number of fused-ring (bicyclic) bond motifs is 1. The number of rotatable bonds is 5. The molecule has 6 nitrogen and oxygen atoms in total. The number of nitrogens with one attached hydrogen (secondary N) is 1. The van der Waals surface area contributed by atoms with Crippen molar-refractivity contribution in [3.05, 3.63) is 72.8 Å². The molecule has 3 aromatic heterocycles. The Morgan fingerprint density at radius 3 is 2.84 bits per heavy atom. The second kappa shape index (κ2) is 8.70. The van der Waals surface area contributed by atoms with Crippen LogP contribution in [0.5, 0.6) is 0 Å². The molecular weight excluding hydrogens is 459 g/mol. The summed E-state index contributed by atoms with van der Waals surface area (Å²) in [7, 11) is 0. The molecule has 1 aromatic carbocycles. The van der Waals surface area contributed by atoms with Gasteiger partial charge in [-0.3, -0.25) is 4.79 Å². The van der Waals surface area contributed by atoms with Gasteiger partial charge in [-0.1, -0.05) is 23.2 Å². The third kappa shape index (κ3) is 4.30. The number of carbonyl (C=O) groups excluding carboxylic acids is 1. The molecule has 158 valence electrons. The fourth-order valence-electron chi connectivity index (χ4n) is 3.07. The largest absolute Gasteiger partial charge is 0.462 e. The molecule has 0 saturated carbocycles. The highest BCUT2D eigenvalue weighted by molar-refractivity contribution is 7.20. The zero-order chi connectivity index (χ0) is 22.1. The lowest BCUT2D eigenvalue weighted by molar-refractivity contribution is 0.0531. The number of aromatic nitrogens is 2. The van der Waals surface area contributed by atoms with Gasteiger partial charge in [-0.05, 0) is 61.9 Å². The summed E-state index contributed by atoms with van der Waals surface area (Å²) in [6, 6.07) is 8.69. The van der Waals surface area contributed by atoms with Crippen molar-refractivity contribution in [2.75, 3.05) is 6.61 Å². The minimum absolute atomic E-state index is 0.260. The van der Waals surface area contributed by atoms with Crippen LogP contribution in [-0.2, 0) is 4.74 Å². The van der Waals surface area contributed by atoms with Gasteiger partial charge < -0.3 is 14.1 Å². The van der Waals surface area contributed by atoms with Gasteiger partial charge in [0.1, 0.15) is 27.1 Å². The van der Waals surface area contributed by atoms with Gasteiger partial charge in [0, 0.05) is 10.6 Å². The molecule has 0 aliphatic rings. The maximum atomic E-state index is 12.6. The van der Waals surface area contributed by atoms with Crippen molar-refractivity contribution in [2.45, 2.75) is 13.8 Å². The summed E-state index contributed by atoms with van der Waals surface area (Å²) < 4.78 is 10.9. The molecule has 1 N–H and O–H groups in total. The predicted octanol–water partition coefficient (Wildman–Crippen LogP) is 6.21. The molecular formula is C22H16Cl2N2O4S. The number of hydrogen-bond donors (Lipinski definition) is 1. The first-order chi connectivity index (χ1) is 14.9. The highest BCUT2D eigenvalue weighted by atomic mass is 35.5. The molecule has 4 aromatic rings. The third-order valence-electron chi connectivity index (χ3n) is 4.51. The van der Waals surface area contributed by atoms with Crippen LogP contribution in [0.25, 0.3) is 33.7 Å². The van der Waals surface area contributed by atoms with Gasteiger partial charge in [0.25, 0.3) is 5.56 Å². The van der Waals surface area contributed by atoms with Gasteiger partial charge in [-0.25, -0.2) is 9.78 Å². The number of aryl methyl sites for hydroxylation is 1. The molecule has 9 heteroatoms.